The highest BCUT2D eigenvalue weighted by molar-refractivity contribution is 6.30. The first kappa shape index (κ1) is 11.9. The van der Waals surface area contributed by atoms with Gasteiger partial charge in [0.1, 0.15) is 11.9 Å². The van der Waals surface area contributed by atoms with Crippen molar-refractivity contribution in [1.82, 2.24) is 0 Å². The van der Waals surface area contributed by atoms with Gasteiger partial charge in [0.15, 0.2) is 0 Å². The predicted molar refractivity (Wildman–Crippen MR) is 55.3 cm³/mol. The fourth-order valence-corrected chi connectivity index (χ4v) is 1.37. The van der Waals surface area contributed by atoms with Crippen LogP contribution in [0.25, 0.3) is 0 Å². The lowest BCUT2D eigenvalue weighted by molar-refractivity contribution is -0.138. The second-order valence-corrected chi connectivity index (χ2v) is 3.60. The number of rotatable bonds is 4. The molecule has 0 aromatic heterocycles. The molecule has 0 unspecified atom stereocenters. The topological polar surface area (TPSA) is 63.3 Å². The van der Waals surface area contributed by atoms with Gasteiger partial charge < -0.3 is 10.8 Å². The molecule has 1 aromatic rings. The molecule has 0 heterocycles. The summed E-state index contributed by atoms with van der Waals surface area (Å²) in [4.78, 5) is 10.4. The van der Waals surface area contributed by atoms with Crippen molar-refractivity contribution in [3.8, 4) is 0 Å². The smallest absolute Gasteiger partial charge is 0.320 e. The van der Waals surface area contributed by atoms with Crippen molar-refractivity contribution < 1.29 is 14.3 Å². The largest absolute Gasteiger partial charge is 0.480 e. The molecule has 0 fully saturated rings. The highest BCUT2D eigenvalue weighted by Crippen LogP contribution is 2.19. The average Bonchev–Trinajstić information content (AvgIpc) is 2.19. The van der Waals surface area contributed by atoms with E-state index in [4.69, 9.17) is 22.4 Å². The fraction of sp³-hybridized carbons (Fsp3) is 0.300. The van der Waals surface area contributed by atoms with Gasteiger partial charge >= 0.3 is 5.97 Å². The van der Waals surface area contributed by atoms with Crippen LogP contribution in [-0.4, -0.2) is 17.1 Å². The minimum atomic E-state index is -1.09. The van der Waals surface area contributed by atoms with Gasteiger partial charge in [-0.05, 0) is 24.5 Å². The number of aliphatic carboxylic acids is 1. The first-order valence-electron chi connectivity index (χ1n) is 4.43. The lowest BCUT2D eigenvalue weighted by Crippen LogP contribution is -2.30. The second-order valence-electron chi connectivity index (χ2n) is 3.20. The normalized spacial score (nSPS) is 12.5. The molecular weight excluding hydrogens is 221 g/mol. The summed E-state index contributed by atoms with van der Waals surface area (Å²) in [5.41, 5.74) is 5.69. The van der Waals surface area contributed by atoms with Crippen molar-refractivity contribution in [3.05, 3.63) is 34.6 Å². The Morgan fingerprint density at radius 2 is 2.27 bits per heavy atom. The van der Waals surface area contributed by atoms with Crippen LogP contribution in [0.2, 0.25) is 5.02 Å². The first-order chi connectivity index (χ1) is 7.02. The van der Waals surface area contributed by atoms with Gasteiger partial charge in [-0.15, -0.1) is 0 Å². The van der Waals surface area contributed by atoms with E-state index >= 15 is 0 Å². The van der Waals surface area contributed by atoms with E-state index in [1.54, 1.807) is 12.1 Å². The SMILES string of the molecule is N[C@H](CCc1cccc(Cl)c1F)C(=O)O. The van der Waals surface area contributed by atoms with E-state index in [-0.39, 0.29) is 17.9 Å². The molecule has 3 N–H and O–H groups in total. The second kappa shape index (κ2) is 5.09. The fourth-order valence-electron chi connectivity index (χ4n) is 1.18. The molecule has 82 valence electrons. The van der Waals surface area contributed by atoms with Crippen molar-refractivity contribution in [2.45, 2.75) is 18.9 Å². The van der Waals surface area contributed by atoms with Crippen molar-refractivity contribution in [1.29, 1.82) is 0 Å². The number of carbonyl (C=O) groups is 1. The molecule has 0 spiro atoms. The predicted octanol–water partition coefficient (Wildman–Crippen LogP) is 1.82. The van der Waals surface area contributed by atoms with Gasteiger partial charge in [0.2, 0.25) is 0 Å². The molecule has 0 aliphatic rings. The third kappa shape index (κ3) is 3.18. The Morgan fingerprint density at radius 1 is 1.60 bits per heavy atom. The van der Waals surface area contributed by atoms with Crippen LogP contribution in [0, 0.1) is 5.82 Å². The zero-order valence-corrected chi connectivity index (χ0v) is 8.67. The van der Waals surface area contributed by atoms with E-state index in [2.05, 4.69) is 0 Å². The zero-order valence-electron chi connectivity index (χ0n) is 7.91. The Kier molecular flexibility index (Phi) is 4.05. The molecule has 0 aliphatic carbocycles. The van der Waals surface area contributed by atoms with Crippen molar-refractivity contribution in [2.75, 3.05) is 0 Å². The van der Waals surface area contributed by atoms with Gasteiger partial charge in [-0.1, -0.05) is 23.7 Å². The van der Waals surface area contributed by atoms with Crippen LogP contribution in [0.5, 0.6) is 0 Å². The molecular formula is C10H11ClFNO2. The summed E-state index contributed by atoms with van der Waals surface area (Å²) in [6.07, 6.45) is 0.451. The summed E-state index contributed by atoms with van der Waals surface area (Å²) >= 11 is 5.57. The maximum atomic E-state index is 13.3. The first-order valence-corrected chi connectivity index (χ1v) is 4.81. The van der Waals surface area contributed by atoms with E-state index in [1.165, 1.54) is 6.07 Å². The Labute approximate surface area is 91.7 Å². The summed E-state index contributed by atoms with van der Waals surface area (Å²) in [5.74, 6) is -1.59. The molecule has 0 radical (unpaired) electrons. The summed E-state index contributed by atoms with van der Waals surface area (Å²) in [6, 6.07) is 3.66. The summed E-state index contributed by atoms with van der Waals surface area (Å²) in [5, 5.41) is 8.58. The van der Waals surface area contributed by atoms with Crippen LogP contribution in [0.4, 0.5) is 4.39 Å². The van der Waals surface area contributed by atoms with Crippen molar-refractivity contribution in [3.63, 3.8) is 0 Å². The van der Waals surface area contributed by atoms with Crippen molar-refractivity contribution in [2.24, 2.45) is 5.73 Å². The number of nitrogens with two attached hydrogens (primary N) is 1. The van der Waals surface area contributed by atoms with Gasteiger partial charge in [0, 0.05) is 0 Å². The van der Waals surface area contributed by atoms with Crippen LogP contribution >= 0.6 is 11.6 Å². The summed E-state index contributed by atoms with van der Waals surface area (Å²) in [6.45, 7) is 0. The van der Waals surface area contributed by atoms with Gasteiger partial charge in [-0.2, -0.15) is 0 Å². The van der Waals surface area contributed by atoms with E-state index in [1.807, 2.05) is 0 Å². The zero-order chi connectivity index (χ0) is 11.4. The van der Waals surface area contributed by atoms with Gasteiger partial charge in [-0.25, -0.2) is 4.39 Å². The van der Waals surface area contributed by atoms with Crippen LogP contribution < -0.4 is 5.73 Å². The third-order valence-electron chi connectivity index (χ3n) is 2.07. The third-order valence-corrected chi connectivity index (χ3v) is 2.37. The van der Waals surface area contributed by atoms with E-state index in [0.717, 1.165) is 0 Å². The number of hydrogen-bond acceptors (Lipinski definition) is 2. The van der Waals surface area contributed by atoms with E-state index < -0.39 is 17.8 Å². The quantitative estimate of drug-likeness (QED) is 0.831. The molecule has 1 atom stereocenters. The molecule has 0 saturated carbocycles. The molecule has 5 heteroatoms. The molecule has 0 amide bonds. The Bertz CT molecular complexity index is 370. The summed E-state index contributed by atoms with van der Waals surface area (Å²) in [7, 11) is 0. The number of halogens is 2. The van der Waals surface area contributed by atoms with Crippen molar-refractivity contribution >= 4 is 17.6 Å². The van der Waals surface area contributed by atoms with Gasteiger partial charge in [0.25, 0.3) is 0 Å². The number of carboxylic acid groups (broad SMARTS) is 1. The summed E-state index contributed by atoms with van der Waals surface area (Å²) < 4.78 is 13.3. The molecule has 1 aromatic carbocycles. The molecule has 1 rings (SSSR count). The highest BCUT2D eigenvalue weighted by Gasteiger charge is 2.13. The number of aryl methyl sites for hydroxylation is 1. The number of benzene rings is 1. The van der Waals surface area contributed by atoms with Crippen LogP contribution in [0.3, 0.4) is 0 Å². The Hall–Kier alpha value is -1.13. The van der Waals surface area contributed by atoms with Crippen LogP contribution in [0.1, 0.15) is 12.0 Å². The maximum Gasteiger partial charge on any atom is 0.320 e. The molecule has 15 heavy (non-hydrogen) atoms. The van der Waals surface area contributed by atoms with Crippen LogP contribution in [-0.2, 0) is 11.2 Å². The van der Waals surface area contributed by atoms with Gasteiger partial charge in [-0.3, -0.25) is 4.79 Å². The maximum absolute atomic E-state index is 13.3. The molecule has 0 bridgehead atoms. The average molecular weight is 232 g/mol. The lowest BCUT2D eigenvalue weighted by Gasteiger charge is -2.07. The lowest BCUT2D eigenvalue weighted by atomic mass is 10.1. The minimum Gasteiger partial charge on any atom is -0.480 e. The minimum absolute atomic E-state index is 0.0383. The van der Waals surface area contributed by atoms with E-state index in [0.29, 0.717) is 5.56 Å². The molecule has 0 aliphatic heterocycles. The van der Waals surface area contributed by atoms with E-state index in [9.17, 15) is 9.18 Å². The molecule has 0 saturated heterocycles. The van der Waals surface area contributed by atoms with Crippen LogP contribution in [0.15, 0.2) is 18.2 Å². The standard InChI is InChI=1S/C10H11ClFNO2/c11-7-3-1-2-6(9(7)12)4-5-8(13)10(14)15/h1-3,8H,4-5,13H2,(H,14,15)/t8-/m1/s1. The van der Waals surface area contributed by atoms with Gasteiger partial charge in [0.05, 0.1) is 5.02 Å². The Morgan fingerprint density at radius 3 is 2.87 bits per heavy atom. The Balaban J connectivity index is 2.66. The highest BCUT2D eigenvalue weighted by atomic mass is 35.5. The molecule has 3 nitrogen and oxygen atoms in total. The number of carboxylic acids is 1. The monoisotopic (exact) mass is 231 g/mol. The number of hydrogen-bond donors (Lipinski definition) is 2.